The molecule has 1 heterocycles. The molecule has 0 amide bonds. The van der Waals surface area contributed by atoms with E-state index in [0.29, 0.717) is 16.7 Å². The lowest BCUT2D eigenvalue weighted by molar-refractivity contribution is 0.769. The van der Waals surface area contributed by atoms with Crippen LogP contribution in [0.25, 0.3) is 0 Å². The Morgan fingerprint density at radius 2 is 2.46 bits per heavy atom. The van der Waals surface area contributed by atoms with Gasteiger partial charge in [0.15, 0.2) is 0 Å². The molecule has 0 aromatic carbocycles. The summed E-state index contributed by atoms with van der Waals surface area (Å²) in [5.41, 5.74) is 2.04. The van der Waals surface area contributed by atoms with Crippen LogP contribution < -0.4 is 5.32 Å². The van der Waals surface area contributed by atoms with Gasteiger partial charge in [-0.3, -0.25) is 4.68 Å². The molecule has 0 saturated heterocycles. The molecular weight excluding hydrogens is 232 g/mol. The first-order chi connectivity index (χ1) is 6.15. The van der Waals surface area contributed by atoms with Crippen LogP contribution >= 0.6 is 34.8 Å². The van der Waals surface area contributed by atoms with Crippen LogP contribution in [0.3, 0.4) is 0 Å². The lowest BCUT2D eigenvalue weighted by atomic mass is 10.5. The highest BCUT2D eigenvalue weighted by atomic mass is 35.5. The van der Waals surface area contributed by atoms with Crippen LogP contribution in [0.5, 0.6) is 0 Å². The Morgan fingerprint density at radius 1 is 1.77 bits per heavy atom. The number of aromatic nitrogens is 2. The fourth-order valence-electron chi connectivity index (χ4n) is 0.759. The van der Waals surface area contributed by atoms with Gasteiger partial charge in [-0.25, -0.2) is 0 Å². The summed E-state index contributed by atoms with van der Waals surface area (Å²) in [6, 6.07) is 0. The summed E-state index contributed by atoms with van der Waals surface area (Å²) in [5, 5.41) is 7.99. The second-order valence-corrected chi connectivity index (χ2v) is 3.44. The minimum absolute atomic E-state index is 0.441. The van der Waals surface area contributed by atoms with E-state index in [9.17, 15) is 0 Å². The average molecular weight is 241 g/mol. The first-order valence-corrected chi connectivity index (χ1v) is 4.70. The Labute approximate surface area is 91.3 Å². The maximum atomic E-state index is 5.88. The van der Waals surface area contributed by atoms with Crippen molar-refractivity contribution in [2.24, 2.45) is 7.05 Å². The second-order valence-electron chi connectivity index (χ2n) is 2.38. The van der Waals surface area contributed by atoms with E-state index in [0.717, 1.165) is 5.69 Å². The molecule has 0 fully saturated rings. The molecule has 13 heavy (non-hydrogen) atoms. The molecule has 1 aromatic heterocycles. The summed E-state index contributed by atoms with van der Waals surface area (Å²) in [6.45, 7) is 0.441. The summed E-state index contributed by atoms with van der Waals surface area (Å²) in [4.78, 5) is 0. The molecule has 0 bridgehead atoms. The van der Waals surface area contributed by atoms with Crippen molar-refractivity contribution in [3.05, 3.63) is 21.9 Å². The third kappa shape index (κ3) is 2.79. The SMILES string of the molecule is Cn1ncc(NC/C(Cl)=C/Cl)c1Cl. The highest BCUT2D eigenvalue weighted by molar-refractivity contribution is 6.36. The lowest BCUT2D eigenvalue weighted by Crippen LogP contribution is -2.00. The topological polar surface area (TPSA) is 29.9 Å². The fraction of sp³-hybridized carbons (Fsp3) is 0.286. The maximum Gasteiger partial charge on any atom is 0.149 e. The lowest BCUT2D eigenvalue weighted by Gasteiger charge is -2.01. The molecule has 0 saturated carbocycles. The zero-order valence-electron chi connectivity index (χ0n) is 6.89. The summed E-state index contributed by atoms with van der Waals surface area (Å²) in [5.74, 6) is 0. The van der Waals surface area contributed by atoms with Crippen LogP contribution in [0.4, 0.5) is 5.69 Å². The third-order valence-electron chi connectivity index (χ3n) is 1.43. The van der Waals surface area contributed by atoms with Gasteiger partial charge in [0.2, 0.25) is 0 Å². The first-order valence-electron chi connectivity index (χ1n) is 3.51. The quantitative estimate of drug-likeness (QED) is 0.880. The number of hydrogen-bond acceptors (Lipinski definition) is 2. The van der Waals surface area contributed by atoms with Crippen molar-refractivity contribution in [1.82, 2.24) is 9.78 Å². The molecule has 0 aliphatic heterocycles. The number of aryl methyl sites for hydroxylation is 1. The molecule has 0 unspecified atom stereocenters. The molecule has 6 heteroatoms. The highest BCUT2D eigenvalue weighted by Crippen LogP contribution is 2.20. The van der Waals surface area contributed by atoms with Crippen molar-refractivity contribution < 1.29 is 0 Å². The van der Waals surface area contributed by atoms with Crippen molar-refractivity contribution >= 4 is 40.5 Å². The molecule has 0 radical (unpaired) electrons. The van der Waals surface area contributed by atoms with Crippen LogP contribution in [0.15, 0.2) is 16.8 Å². The maximum absolute atomic E-state index is 5.88. The number of nitrogens with one attached hydrogen (secondary N) is 1. The minimum Gasteiger partial charge on any atom is -0.376 e. The number of nitrogens with zero attached hydrogens (tertiary/aromatic N) is 2. The molecular formula is C7H8Cl3N3. The number of rotatable bonds is 3. The van der Waals surface area contributed by atoms with Gasteiger partial charge in [0.25, 0.3) is 0 Å². The molecule has 0 aliphatic rings. The fourth-order valence-corrected chi connectivity index (χ4v) is 1.06. The number of halogens is 3. The van der Waals surface area contributed by atoms with E-state index < -0.39 is 0 Å². The van der Waals surface area contributed by atoms with E-state index in [-0.39, 0.29) is 0 Å². The summed E-state index contributed by atoms with van der Waals surface area (Å²) >= 11 is 16.9. The van der Waals surface area contributed by atoms with Gasteiger partial charge in [-0.1, -0.05) is 34.8 Å². The average Bonchev–Trinajstić information content (AvgIpc) is 2.44. The van der Waals surface area contributed by atoms with Crippen molar-refractivity contribution in [3.63, 3.8) is 0 Å². The molecule has 1 rings (SSSR count). The highest BCUT2D eigenvalue weighted by Gasteiger charge is 2.04. The third-order valence-corrected chi connectivity index (χ3v) is 2.50. The standard InChI is InChI=1S/C7H8Cl3N3/c1-13-7(10)6(4-12-13)11-3-5(9)2-8/h2,4,11H,3H2,1H3/b5-2-. The number of anilines is 1. The van der Waals surface area contributed by atoms with Gasteiger partial charge in [0.1, 0.15) is 5.15 Å². The molecule has 1 N–H and O–H groups in total. The summed E-state index contributed by atoms with van der Waals surface area (Å²) in [6.07, 6.45) is 1.63. The van der Waals surface area contributed by atoms with E-state index in [4.69, 9.17) is 34.8 Å². The van der Waals surface area contributed by atoms with E-state index in [2.05, 4.69) is 10.4 Å². The predicted octanol–water partition coefficient (Wildman–Crippen LogP) is 2.80. The van der Waals surface area contributed by atoms with Crippen LogP contribution in [-0.4, -0.2) is 16.3 Å². The normalized spacial score (nSPS) is 11.8. The van der Waals surface area contributed by atoms with Gasteiger partial charge in [-0.05, 0) is 0 Å². The Morgan fingerprint density at radius 3 is 2.92 bits per heavy atom. The summed E-state index contributed by atoms with van der Waals surface area (Å²) in [7, 11) is 1.76. The van der Waals surface area contributed by atoms with Crippen LogP contribution in [0, 0.1) is 0 Å². The van der Waals surface area contributed by atoms with Crippen molar-refractivity contribution in [2.45, 2.75) is 0 Å². The van der Waals surface area contributed by atoms with E-state index in [1.807, 2.05) is 0 Å². The van der Waals surface area contributed by atoms with E-state index in [1.54, 1.807) is 17.9 Å². The van der Waals surface area contributed by atoms with Crippen LogP contribution in [0.1, 0.15) is 0 Å². The molecule has 0 spiro atoms. The Hall–Kier alpha value is -0.380. The zero-order valence-corrected chi connectivity index (χ0v) is 9.16. The zero-order chi connectivity index (χ0) is 9.84. The van der Waals surface area contributed by atoms with E-state index in [1.165, 1.54) is 5.54 Å². The largest absolute Gasteiger partial charge is 0.376 e. The van der Waals surface area contributed by atoms with Gasteiger partial charge < -0.3 is 5.32 Å². The van der Waals surface area contributed by atoms with Gasteiger partial charge in [-0.2, -0.15) is 5.10 Å². The smallest absolute Gasteiger partial charge is 0.149 e. The van der Waals surface area contributed by atoms with Crippen LogP contribution in [0.2, 0.25) is 5.15 Å². The molecule has 0 aliphatic carbocycles. The monoisotopic (exact) mass is 239 g/mol. The first kappa shape index (κ1) is 10.7. The van der Waals surface area contributed by atoms with Gasteiger partial charge >= 0.3 is 0 Å². The molecule has 3 nitrogen and oxygen atoms in total. The van der Waals surface area contributed by atoms with Crippen molar-refractivity contribution in [1.29, 1.82) is 0 Å². The Kier molecular flexibility index (Phi) is 3.90. The van der Waals surface area contributed by atoms with Gasteiger partial charge in [0.05, 0.1) is 18.4 Å². The van der Waals surface area contributed by atoms with Crippen molar-refractivity contribution in [3.8, 4) is 0 Å². The number of hydrogen-bond donors (Lipinski definition) is 1. The summed E-state index contributed by atoms with van der Waals surface area (Å²) < 4.78 is 1.56. The predicted molar refractivity (Wildman–Crippen MR) is 56.5 cm³/mol. The molecule has 0 atom stereocenters. The molecule has 1 aromatic rings. The Bertz CT molecular complexity index is 319. The van der Waals surface area contributed by atoms with E-state index >= 15 is 0 Å². The second kappa shape index (κ2) is 4.74. The van der Waals surface area contributed by atoms with Crippen LogP contribution in [-0.2, 0) is 7.05 Å². The Balaban J connectivity index is 2.60. The van der Waals surface area contributed by atoms with Gasteiger partial charge in [0, 0.05) is 17.6 Å². The van der Waals surface area contributed by atoms with Crippen molar-refractivity contribution in [2.75, 3.05) is 11.9 Å². The minimum atomic E-state index is 0.441. The molecule has 72 valence electrons. The van der Waals surface area contributed by atoms with Gasteiger partial charge in [-0.15, -0.1) is 0 Å².